The predicted octanol–water partition coefficient (Wildman–Crippen LogP) is 14.9. The van der Waals surface area contributed by atoms with Crippen molar-refractivity contribution in [1.82, 2.24) is 113 Å². The summed E-state index contributed by atoms with van der Waals surface area (Å²) in [6, 6.07) is 24.3. The number of likely N-dealkylation sites (N-methyl/N-ethyl adjacent to an activating group) is 2. The fourth-order valence-electron chi connectivity index (χ4n) is 15.8. The van der Waals surface area contributed by atoms with Crippen LogP contribution in [0.1, 0.15) is 191 Å². The lowest BCUT2D eigenvalue weighted by Gasteiger charge is -2.34. The minimum Gasteiger partial charge on any atom is -0.378 e. The van der Waals surface area contributed by atoms with Crippen LogP contribution >= 0.6 is 34.0 Å². The topological polar surface area (TPSA) is 275 Å². The Morgan fingerprint density at radius 2 is 1.10 bits per heavy atom. The summed E-state index contributed by atoms with van der Waals surface area (Å²) in [4.78, 5) is 109. The van der Waals surface area contributed by atoms with Gasteiger partial charge in [-0.15, -0.1) is 34.0 Å². The smallest absolute Gasteiger partial charge is 0.257 e. The minimum absolute atomic E-state index is 0.0103. The number of benzene rings is 1. The molecule has 28 nitrogen and oxygen atoms in total. The lowest BCUT2D eigenvalue weighted by atomic mass is 9.90. The van der Waals surface area contributed by atoms with E-state index in [1.807, 2.05) is 99.7 Å². The summed E-state index contributed by atoms with van der Waals surface area (Å²) in [5.74, 6) is 2.89. The number of piperazine rings is 2. The molecule has 0 atom stereocenters. The maximum Gasteiger partial charge on any atom is 0.257 e. The average molecular weight is 1710 g/mol. The summed E-state index contributed by atoms with van der Waals surface area (Å²) in [5.41, 5.74) is 14.0. The van der Waals surface area contributed by atoms with E-state index in [1.165, 1.54) is 39.3 Å². The van der Waals surface area contributed by atoms with Gasteiger partial charge in [0.1, 0.15) is 0 Å². The molecule has 16 rings (SSSR count). The molecule has 12 aromatic rings. The molecule has 11 aromatic heterocycles. The van der Waals surface area contributed by atoms with Crippen LogP contribution in [0.2, 0.25) is 0 Å². The van der Waals surface area contributed by atoms with E-state index in [0.29, 0.717) is 76.7 Å². The van der Waals surface area contributed by atoms with Gasteiger partial charge < -0.3 is 29.2 Å². The zero-order valence-corrected chi connectivity index (χ0v) is 75.4. The molecule has 2 aliphatic carbocycles. The first-order valence-corrected chi connectivity index (χ1v) is 45.4. The fraction of sp³-hybridized carbons (Fsp3) is 0.451. The molecule has 0 bridgehead atoms. The first-order valence-electron chi connectivity index (χ1n) is 42.9. The fourth-order valence-corrected chi connectivity index (χ4v) is 18.1. The third-order valence-electron chi connectivity index (χ3n) is 22.5. The summed E-state index contributed by atoms with van der Waals surface area (Å²) >= 11 is 5.01. The van der Waals surface area contributed by atoms with Crippen LogP contribution in [-0.4, -0.2) is 256 Å². The van der Waals surface area contributed by atoms with Gasteiger partial charge in [0.15, 0.2) is 0 Å². The lowest BCUT2D eigenvalue weighted by molar-refractivity contribution is 0.0626. The van der Waals surface area contributed by atoms with E-state index >= 15 is 0 Å². The molecule has 642 valence electrons. The molecular weight excluding hydrogens is 1590 g/mol. The average Bonchev–Trinajstić information content (AvgIpc) is 1.59. The molecule has 4 amide bonds. The van der Waals surface area contributed by atoms with E-state index in [4.69, 9.17) is 19.7 Å². The second-order valence-electron chi connectivity index (χ2n) is 31.9. The van der Waals surface area contributed by atoms with Gasteiger partial charge in [0.2, 0.25) is 0 Å². The van der Waals surface area contributed by atoms with E-state index in [-0.39, 0.29) is 36.2 Å². The number of aromatic nitrogens is 16. The number of rotatable bonds is 28. The van der Waals surface area contributed by atoms with Gasteiger partial charge in [0, 0.05) is 144 Å². The number of ether oxygens (including phenoxy) is 1. The van der Waals surface area contributed by atoms with Gasteiger partial charge in [0.25, 0.3) is 47.4 Å². The summed E-state index contributed by atoms with van der Waals surface area (Å²) in [6.45, 7) is 39.2. The molecular formula is C91H115N23O5S3. The lowest BCUT2D eigenvalue weighted by Crippen LogP contribution is -2.49. The van der Waals surface area contributed by atoms with Crippen molar-refractivity contribution in [2.24, 2.45) is 5.92 Å². The minimum atomic E-state index is -0.0353. The molecule has 1 aromatic carbocycles. The van der Waals surface area contributed by atoms with E-state index in [0.717, 1.165) is 179 Å². The highest BCUT2D eigenvalue weighted by Crippen LogP contribution is 2.43. The third-order valence-corrected chi connectivity index (χ3v) is 25.2. The second-order valence-corrected chi connectivity index (χ2v) is 35.2. The van der Waals surface area contributed by atoms with Crippen molar-refractivity contribution in [3.63, 3.8) is 0 Å². The molecule has 2 aliphatic heterocycles. The molecule has 31 heteroatoms. The van der Waals surface area contributed by atoms with Crippen LogP contribution in [-0.2, 0) is 24.2 Å². The van der Waals surface area contributed by atoms with Crippen molar-refractivity contribution >= 4 is 57.6 Å². The Labute approximate surface area is 728 Å². The maximum absolute atomic E-state index is 13.6. The van der Waals surface area contributed by atoms with Gasteiger partial charge in [-0.25, -0.2) is 53.9 Å². The second kappa shape index (κ2) is 41.9. The summed E-state index contributed by atoms with van der Waals surface area (Å²) in [5, 5.41) is 22.1. The van der Waals surface area contributed by atoms with Crippen molar-refractivity contribution < 1.29 is 23.9 Å². The van der Waals surface area contributed by atoms with E-state index in [9.17, 15) is 19.2 Å². The van der Waals surface area contributed by atoms with Gasteiger partial charge in [-0.05, 0) is 163 Å². The molecule has 2 saturated heterocycles. The van der Waals surface area contributed by atoms with Gasteiger partial charge in [-0.2, -0.15) is 25.1 Å². The van der Waals surface area contributed by atoms with Crippen LogP contribution in [0.4, 0.5) is 0 Å². The highest BCUT2D eigenvalue weighted by molar-refractivity contribution is 7.13. The zero-order chi connectivity index (χ0) is 86.1. The van der Waals surface area contributed by atoms with Crippen LogP contribution in [0, 0.1) is 26.7 Å². The molecule has 0 unspecified atom stereocenters. The Kier molecular flexibility index (Phi) is 30.5. The number of methoxy groups -OCH3 is 1. The van der Waals surface area contributed by atoms with Crippen molar-refractivity contribution in [3.8, 4) is 67.5 Å². The SMILES string of the molecule is CCCCN1CCN(C(=O)c2cnn(-c3nccc(-c4cc(C)sc4C)n3)c2COC)CC1.CCCN1CCN(C(=O)c2cnn(-c3nccc(-c4cccs4)n3)c2C(C)C)CC1.CCN(CC)CCN(CC)C(=O)c1cnn(-c2ncc3c(n2)-c2ccccc2CC3)c1C1CC1.Cc1c(C(=O)N(C)CC(C)C)cnn1-c1nccc(-c2cccs2)n1. The van der Waals surface area contributed by atoms with Crippen LogP contribution in [0.25, 0.3) is 67.5 Å². The third kappa shape index (κ3) is 21.1. The number of carbonyl (C=O) groups is 4. The van der Waals surface area contributed by atoms with Gasteiger partial charge >= 0.3 is 0 Å². The Morgan fingerprint density at radius 3 is 1.68 bits per heavy atom. The largest absolute Gasteiger partial charge is 0.378 e. The molecule has 0 spiro atoms. The van der Waals surface area contributed by atoms with Crippen molar-refractivity contribution in [2.45, 2.75) is 146 Å². The Bertz CT molecular complexity index is 5470. The first kappa shape index (κ1) is 89.0. The van der Waals surface area contributed by atoms with Gasteiger partial charge in [0.05, 0.1) is 109 Å². The molecule has 0 radical (unpaired) electrons. The molecule has 4 aliphatic rings. The number of unbranched alkanes of at least 4 members (excludes halogenated alkanes) is 1. The number of thiophene rings is 3. The van der Waals surface area contributed by atoms with Crippen LogP contribution in [0.15, 0.2) is 133 Å². The predicted molar refractivity (Wildman–Crippen MR) is 481 cm³/mol. The molecule has 3 fully saturated rings. The summed E-state index contributed by atoms with van der Waals surface area (Å²) < 4.78 is 12.2. The standard InChI is InChI=1S/C27H34N6O.C24H32N6O2S.C22H28N6OS.C18H21N5OS/c1-4-31(5-2)15-16-32(6-3)26(34)23-18-29-33(25(23)20-12-13-20)27-28-17-21-14-11-19-9-7-8-10-22(19)24(21)30-27;1-5-6-9-28-10-12-29(13-11-28)23(31)20-15-26-30(22(20)16-32-4)24-25-8-7-21(27-24)19-14-17(2)33-18(19)3;1-4-9-26-10-12-27(13-11-26)21(29)17-15-24-28(20(17)16(2)3)22-23-8-7-18(25-22)19-6-5-14-30-19;1-12(2)11-22(4)17(24)14-10-20-23(13(14)3)18-19-8-7-15(21-18)16-6-5-9-25-16/h7-10,17-18,20H,4-6,11-16H2,1-3H3;7-8,14-15H,5-6,9-13,16H2,1-4H3;5-8,14-16H,4,9-13H2,1-3H3;5-10,12H,11H2,1-4H3. The van der Waals surface area contributed by atoms with Gasteiger partial charge in [-0.1, -0.05) is 98.2 Å². The van der Waals surface area contributed by atoms with Crippen molar-refractivity contribution in [3.05, 3.63) is 199 Å². The number of hydrogen-bond donors (Lipinski definition) is 0. The maximum atomic E-state index is 13.6. The molecule has 13 heterocycles. The highest BCUT2D eigenvalue weighted by atomic mass is 32.1. The van der Waals surface area contributed by atoms with Crippen molar-refractivity contribution in [1.29, 1.82) is 0 Å². The number of amides is 4. The number of hydrogen-bond acceptors (Lipinski definition) is 23. The van der Waals surface area contributed by atoms with E-state index in [1.54, 1.807) is 103 Å². The first-order chi connectivity index (χ1) is 59.2. The quantitative estimate of drug-likeness (QED) is 0.0440. The number of fused-ring (bicyclic) bond motifs is 3. The Hall–Kier alpha value is -10.8. The van der Waals surface area contributed by atoms with E-state index in [2.05, 4.69) is 160 Å². The molecule has 1 saturated carbocycles. The monoisotopic (exact) mass is 1710 g/mol. The van der Waals surface area contributed by atoms with Crippen LogP contribution in [0.3, 0.4) is 0 Å². The highest BCUT2D eigenvalue weighted by Gasteiger charge is 2.36. The Balaban J connectivity index is 0.000000141. The summed E-state index contributed by atoms with van der Waals surface area (Å²) in [6.07, 6.45) is 21.4. The van der Waals surface area contributed by atoms with Crippen LogP contribution < -0.4 is 0 Å². The Morgan fingerprint density at radius 1 is 0.541 bits per heavy atom. The van der Waals surface area contributed by atoms with E-state index < -0.39 is 0 Å². The summed E-state index contributed by atoms with van der Waals surface area (Å²) in [7, 11) is 3.43. The van der Waals surface area contributed by atoms with Gasteiger partial charge in [-0.3, -0.25) is 29.0 Å². The zero-order valence-electron chi connectivity index (χ0n) is 73.0. The number of carbonyl (C=O) groups excluding carboxylic acids is 4. The number of nitrogens with zero attached hydrogens (tertiary/aromatic N) is 23. The molecule has 0 N–H and O–H groups in total. The van der Waals surface area contributed by atoms with Crippen molar-refractivity contribution in [2.75, 3.05) is 119 Å². The number of aryl methyl sites for hydroxylation is 4. The molecule has 122 heavy (non-hydrogen) atoms. The van der Waals surface area contributed by atoms with Crippen LogP contribution in [0.5, 0.6) is 0 Å². The normalized spacial score (nSPS) is 14.1.